The first-order valence-electron chi connectivity index (χ1n) is 5.11. The zero-order chi connectivity index (χ0) is 11.3. The molecule has 0 spiro atoms. The predicted octanol–water partition coefficient (Wildman–Crippen LogP) is 2.65. The van der Waals surface area contributed by atoms with E-state index in [9.17, 15) is 4.79 Å². The molecular weight excluding hydrogens is 206 g/mol. The topological polar surface area (TPSA) is 20.3 Å². The minimum absolute atomic E-state index is 0.0163. The van der Waals surface area contributed by atoms with Gasteiger partial charge in [0.05, 0.1) is 5.25 Å². The number of amides is 1. The minimum atomic E-state index is -0.0163. The molecule has 0 aliphatic carbocycles. The van der Waals surface area contributed by atoms with Crippen molar-refractivity contribution >= 4 is 17.7 Å². The lowest BCUT2D eigenvalue weighted by Crippen LogP contribution is -2.32. The fourth-order valence-electron chi connectivity index (χ4n) is 1.22. The Hall–Kier alpha value is -0.960. The Morgan fingerprint density at radius 3 is 2.53 bits per heavy atom. The first-order chi connectivity index (χ1) is 7.15. The molecule has 0 saturated heterocycles. The third-order valence-corrected chi connectivity index (χ3v) is 3.35. The summed E-state index contributed by atoms with van der Waals surface area (Å²) in [7, 11) is 1.84. The van der Waals surface area contributed by atoms with Crippen LogP contribution in [-0.4, -0.2) is 29.6 Å². The van der Waals surface area contributed by atoms with E-state index in [2.05, 4.69) is 0 Å². The Labute approximate surface area is 95.7 Å². The SMILES string of the molecule is CCN(C)C(=O)C(C)Sc1ccccc1. The fourth-order valence-corrected chi connectivity index (χ4v) is 2.22. The van der Waals surface area contributed by atoms with Crippen LogP contribution in [0.4, 0.5) is 0 Å². The van der Waals surface area contributed by atoms with Crippen molar-refractivity contribution in [2.75, 3.05) is 13.6 Å². The van der Waals surface area contributed by atoms with Gasteiger partial charge in [-0.1, -0.05) is 18.2 Å². The second-order valence-corrected chi connectivity index (χ2v) is 4.84. The van der Waals surface area contributed by atoms with Gasteiger partial charge in [0.25, 0.3) is 0 Å². The number of nitrogens with zero attached hydrogens (tertiary/aromatic N) is 1. The predicted molar refractivity (Wildman–Crippen MR) is 65.1 cm³/mol. The normalized spacial score (nSPS) is 12.2. The maximum atomic E-state index is 11.8. The van der Waals surface area contributed by atoms with Crippen LogP contribution in [0.5, 0.6) is 0 Å². The van der Waals surface area contributed by atoms with Crippen LogP contribution in [0, 0.1) is 0 Å². The number of carbonyl (C=O) groups is 1. The summed E-state index contributed by atoms with van der Waals surface area (Å²) in [6.45, 7) is 4.70. The van der Waals surface area contributed by atoms with Crippen LogP contribution in [0.2, 0.25) is 0 Å². The van der Waals surface area contributed by atoms with Crippen molar-refractivity contribution in [2.45, 2.75) is 24.0 Å². The van der Waals surface area contributed by atoms with Crippen molar-refractivity contribution < 1.29 is 4.79 Å². The molecule has 0 bridgehead atoms. The Balaban J connectivity index is 2.56. The van der Waals surface area contributed by atoms with Gasteiger partial charge >= 0.3 is 0 Å². The molecule has 0 heterocycles. The molecule has 2 nitrogen and oxygen atoms in total. The van der Waals surface area contributed by atoms with Crippen LogP contribution in [0.3, 0.4) is 0 Å². The van der Waals surface area contributed by atoms with Crippen molar-refractivity contribution in [3.05, 3.63) is 30.3 Å². The van der Waals surface area contributed by atoms with E-state index in [1.165, 1.54) is 0 Å². The Morgan fingerprint density at radius 2 is 2.00 bits per heavy atom. The molecule has 82 valence electrons. The van der Waals surface area contributed by atoms with Crippen molar-refractivity contribution in [1.29, 1.82) is 0 Å². The molecule has 0 fully saturated rings. The van der Waals surface area contributed by atoms with E-state index < -0.39 is 0 Å². The van der Waals surface area contributed by atoms with Crippen LogP contribution < -0.4 is 0 Å². The summed E-state index contributed by atoms with van der Waals surface area (Å²) in [5, 5.41) is -0.0163. The lowest BCUT2D eigenvalue weighted by atomic mass is 10.4. The monoisotopic (exact) mass is 223 g/mol. The Kier molecular flexibility index (Phi) is 4.69. The molecule has 0 aromatic heterocycles. The van der Waals surface area contributed by atoms with Crippen molar-refractivity contribution in [3.63, 3.8) is 0 Å². The van der Waals surface area contributed by atoms with E-state index in [4.69, 9.17) is 0 Å². The lowest BCUT2D eigenvalue weighted by molar-refractivity contribution is -0.128. The van der Waals surface area contributed by atoms with Gasteiger partial charge in [0, 0.05) is 18.5 Å². The molecule has 1 amide bonds. The molecule has 3 heteroatoms. The lowest BCUT2D eigenvalue weighted by Gasteiger charge is -2.19. The molecule has 15 heavy (non-hydrogen) atoms. The number of thioether (sulfide) groups is 1. The van der Waals surface area contributed by atoms with Gasteiger partial charge in [-0.05, 0) is 26.0 Å². The highest BCUT2D eigenvalue weighted by atomic mass is 32.2. The molecular formula is C12H17NOS. The number of carbonyl (C=O) groups excluding carboxylic acids is 1. The molecule has 1 unspecified atom stereocenters. The highest BCUT2D eigenvalue weighted by Gasteiger charge is 2.16. The smallest absolute Gasteiger partial charge is 0.235 e. The quantitative estimate of drug-likeness (QED) is 0.731. The number of benzene rings is 1. The van der Waals surface area contributed by atoms with Gasteiger partial charge in [-0.2, -0.15) is 0 Å². The van der Waals surface area contributed by atoms with E-state index in [1.54, 1.807) is 16.7 Å². The first-order valence-corrected chi connectivity index (χ1v) is 5.99. The maximum Gasteiger partial charge on any atom is 0.235 e. The summed E-state index contributed by atoms with van der Waals surface area (Å²) in [6.07, 6.45) is 0. The van der Waals surface area contributed by atoms with Crippen LogP contribution in [0.1, 0.15) is 13.8 Å². The Morgan fingerprint density at radius 1 is 1.40 bits per heavy atom. The maximum absolute atomic E-state index is 11.8. The molecule has 0 radical (unpaired) electrons. The molecule has 1 aromatic rings. The van der Waals surface area contributed by atoms with Crippen LogP contribution in [0.25, 0.3) is 0 Å². The highest BCUT2D eigenvalue weighted by Crippen LogP contribution is 2.23. The van der Waals surface area contributed by atoms with Crippen LogP contribution in [-0.2, 0) is 4.79 Å². The van der Waals surface area contributed by atoms with Gasteiger partial charge < -0.3 is 4.90 Å². The van der Waals surface area contributed by atoms with Gasteiger partial charge in [0.15, 0.2) is 0 Å². The summed E-state index contributed by atoms with van der Waals surface area (Å²) in [5.74, 6) is 0.186. The van der Waals surface area contributed by atoms with Crippen LogP contribution in [0.15, 0.2) is 35.2 Å². The average Bonchev–Trinajstić information content (AvgIpc) is 2.28. The third kappa shape index (κ3) is 3.59. The second-order valence-electron chi connectivity index (χ2n) is 3.43. The van der Waals surface area contributed by atoms with Gasteiger partial charge in [-0.15, -0.1) is 11.8 Å². The number of hydrogen-bond donors (Lipinski definition) is 0. The van der Waals surface area contributed by atoms with Crippen molar-refractivity contribution in [1.82, 2.24) is 4.90 Å². The third-order valence-electron chi connectivity index (χ3n) is 2.25. The summed E-state index contributed by atoms with van der Waals surface area (Å²) in [5.41, 5.74) is 0. The van der Waals surface area contributed by atoms with Crippen LogP contribution >= 0.6 is 11.8 Å². The average molecular weight is 223 g/mol. The van der Waals surface area contributed by atoms with Gasteiger partial charge in [0.1, 0.15) is 0 Å². The van der Waals surface area contributed by atoms with Gasteiger partial charge in [-0.3, -0.25) is 4.79 Å². The summed E-state index contributed by atoms with van der Waals surface area (Å²) < 4.78 is 0. The molecule has 0 saturated carbocycles. The molecule has 0 aliphatic rings. The van der Waals surface area contributed by atoms with E-state index in [0.29, 0.717) is 0 Å². The second kappa shape index (κ2) is 5.81. The highest BCUT2D eigenvalue weighted by molar-refractivity contribution is 8.00. The summed E-state index contributed by atoms with van der Waals surface area (Å²) >= 11 is 1.60. The largest absolute Gasteiger partial charge is 0.345 e. The van der Waals surface area contributed by atoms with E-state index in [-0.39, 0.29) is 11.2 Å². The Bertz CT molecular complexity index is 313. The first kappa shape index (κ1) is 12.1. The number of hydrogen-bond acceptors (Lipinski definition) is 2. The van der Waals surface area contributed by atoms with E-state index >= 15 is 0 Å². The molecule has 1 atom stereocenters. The number of rotatable bonds is 4. The standard InChI is InChI=1S/C12H17NOS/c1-4-13(3)12(14)10(2)15-11-8-6-5-7-9-11/h5-10H,4H2,1-3H3. The van der Waals surface area contributed by atoms with Crippen molar-refractivity contribution in [3.8, 4) is 0 Å². The van der Waals surface area contributed by atoms with Gasteiger partial charge in [-0.25, -0.2) is 0 Å². The van der Waals surface area contributed by atoms with E-state index in [1.807, 2.05) is 51.2 Å². The summed E-state index contributed by atoms with van der Waals surface area (Å²) in [4.78, 5) is 14.7. The molecule has 1 aromatic carbocycles. The summed E-state index contributed by atoms with van der Waals surface area (Å²) in [6, 6.07) is 10.0. The minimum Gasteiger partial charge on any atom is -0.345 e. The zero-order valence-electron chi connectivity index (χ0n) is 9.43. The molecule has 1 rings (SSSR count). The van der Waals surface area contributed by atoms with Gasteiger partial charge in [0.2, 0.25) is 5.91 Å². The molecule has 0 aliphatic heterocycles. The zero-order valence-corrected chi connectivity index (χ0v) is 10.3. The van der Waals surface area contributed by atoms with Crippen molar-refractivity contribution in [2.24, 2.45) is 0 Å². The molecule has 0 N–H and O–H groups in total. The fraction of sp³-hybridized carbons (Fsp3) is 0.417. The van der Waals surface area contributed by atoms with E-state index in [0.717, 1.165) is 11.4 Å².